The quantitative estimate of drug-likeness (QED) is 0.0429. The van der Waals surface area contributed by atoms with Crippen LogP contribution in [0, 0.1) is 0 Å². The first-order valence-electron chi connectivity index (χ1n) is 24.0. The van der Waals surface area contributed by atoms with E-state index in [4.69, 9.17) is 23.7 Å². The van der Waals surface area contributed by atoms with Crippen LogP contribution in [-0.4, -0.2) is 91.6 Å². The van der Waals surface area contributed by atoms with Crippen molar-refractivity contribution in [2.45, 2.75) is 132 Å². The van der Waals surface area contributed by atoms with Crippen LogP contribution >= 0.6 is 0 Å². The van der Waals surface area contributed by atoms with Crippen molar-refractivity contribution < 1.29 is 49.2 Å². The molecular weight excluding hydrogens is 881 g/mol. The van der Waals surface area contributed by atoms with Gasteiger partial charge in [0.05, 0.1) is 33.0 Å². The normalized spacial score (nSPS) is 11.9. The maximum Gasteiger partial charge on any atom is 0.126 e. The Bertz CT molecular complexity index is 2400. The minimum atomic E-state index is -0.532. The molecule has 5 aromatic rings. The molecule has 5 aromatic carbocycles. The van der Waals surface area contributed by atoms with Crippen LogP contribution in [0.1, 0.15) is 152 Å². The third-order valence-corrected chi connectivity index (χ3v) is 12.4. The molecule has 0 atom stereocenters. The summed E-state index contributed by atoms with van der Waals surface area (Å²) < 4.78 is 31.3. The Labute approximate surface area is 420 Å². The lowest BCUT2D eigenvalue weighted by Crippen LogP contribution is -2.21. The largest absolute Gasteiger partial charge is 0.491 e. The van der Waals surface area contributed by atoms with Gasteiger partial charge in [0.2, 0.25) is 0 Å². The minimum Gasteiger partial charge on any atom is -0.491 e. The summed E-state index contributed by atoms with van der Waals surface area (Å²) >= 11 is 0. The molecule has 5 rings (SSSR count). The van der Waals surface area contributed by atoms with Crippen LogP contribution in [0.2, 0.25) is 0 Å². The predicted molar refractivity (Wildman–Crippen MR) is 285 cm³/mol. The third kappa shape index (κ3) is 15.4. The van der Waals surface area contributed by atoms with Gasteiger partial charge in [0.25, 0.3) is 0 Å². The molecule has 386 valence electrons. The molecule has 0 bridgehead atoms. The number of hydrogen-bond acceptors (Lipinski definition) is 10. The molecule has 0 saturated carbocycles. The van der Waals surface area contributed by atoms with Crippen molar-refractivity contribution in [3.05, 3.63) is 146 Å². The Morgan fingerprint density at radius 2 is 0.629 bits per heavy atom. The van der Waals surface area contributed by atoms with Crippen LogP contribution in [0.3, 0.4) is 0 Å². The number of aliphatic hydroxyl groups is 5. The van der Waals surface area contributed by atoms with Crippen LogP contribution in [0.4, 0.5) is 0 Å². The van der Waals surface area contributed by atoms with Gasteiger partial charge in [0.15, 0.2) is 0 Å². The van der Waals surface area contributed by atoms with Crippen LogP contribution < -0.4 is 23.7 Å². The van der Waals surface area contributed by atoms with Crippen LogP contribution in [0.5, 0.6) is 28.7 Å². The number of aliphatic hydroxyl groups excluding tert-OH is 5. The molecule has 0 radical (unpaired) electrons. The van der Waals surface area contributed by atoms with Crippen molar-refractivity contribution >= 4 is 0 Å². The summed E-state index contributed by atoms with van der Waals surface area (Å²) in [5.41, 5.74) is 9.93. The molecule has 0 amide bonds. The molecule has 5 N–H and O–H groups in total. The van der Waals surface area contributed by atoms with Gasteiger partial charge in [-0.15, -0.1) is 0 Å². The summed E-state index contributed by atoms with van der Waals surface area (Å²) in [6, 6.07) is 29.3. The van der Waals surface area contributed by atoms with Gasteiger partial charge in [-0.05, 0) is 102 Å². The molecule has 10 heteroatoms. The molecule has 0 saturated heterocycles. The Kier molecular flexibility index (Phi) is 21.9. The first kappa shape index (κ1) is 59.2. The summed E-state index contributed by atoms with van der Waals surface area (Å²) in [5, 5.41) is 49.5. The highest BCUT2D eigenvalue weighted by molar-refractivity contribution is 5.58. The van der Waals surface area contributed by atoms with Crippen molar-refractivity contribution in [3.8, 4) is 28.7 Å². The molecule has 70 heavy (non-hydrogen) atoms. The Balaban J connectivity index is 0.00000648. The van der Waals surface area contributed by atoms with Crippen molar-refractivity contribution in [2.75, 3.05) is 66.1 Å². The van der Waals surface area contributed by atoms with Gasteiger partial charge in [-0.2, -0.15) is 0 Å². The van der Waals surface area contributed by atoms with Crippen molar-refractivity contribution in [1.29, 1.82) is 0 Å². The van der Waals surface area contributed by atoms with E-state index in [0.717, 1.165) is 61.2 Å². The van der Waals surface area contributed by atoms with Crippen molar-refractivity contribution in [1.82, 2.24) is 0 Å². The molecule has 10 nitrogen and oxygen atoms in total. The summed E-state index contributed by atoms with van der Waals surface area (Å²) in [4.78, 5) is 0. The third-order valence-electron chi connectivity index (χ3n) is 12.4. The molecule has 0 aliphatic rings. The zero-order chi connectivity index (χ0) is 49.9. The summed E-state index contributed by atoms with van der Waals surface area (Å²) in [6.45, 7) is 24.0. The summed E-state index contributed by atoms with van der Waals surface area (Å²) in [7, 11) is 0. The van der Waals surface area contributed by atoms with Gasteiger partial charge in [-0.1, -0.05) is 152 Å². The monoisotopic (exact) mass is 967 g/mol. The van der Waals surface area contributed by atoms with Crippen LogP contribution in [0.15, 0.2) is 84.9 Å². The van der Waals surface area contributed by atoms with Crippen molar-refractivity contribution in [3.63, 3.8) is 0 Å². The van der Waals surface area contributed by atoms with E-state index in [-0.39, 0.29) is 97.2 Å². The maximum absolute atomic E-state index is 10.3. The molecular formula is C60H86O10. The lowest BCUT2D eigenvalue weighted by Gasteiger charge is -2.30. The average Bonchev–Trinajstić information content (AvgIpc) is 3.28. The topological polar surface area (TPSA) is 147 Å². The van der Waals surface area contributed by atoms with E-state index >= 15 is 0 Å². The summed E-state index contributed by atoms with van der Waals surface area (Å²) in [6.07, 6.45) is 1.28. The fourth-order valence-corrected chi connectivity index (χ4v) is 8.37. The number of benzene rings is 5. The highest BCUT2D eigenvalue weighted by atomic mass is 16.5. The van der Waals surface area contributed by atoms with Gasteiger partial charge in [-0.3, -0.25) is 0 Å². The van der Waals surface area contributed by atoms with Crippen LogP contribution in [0.25, 0.3) is 0 Å². The smallest absolute Gasteiger partial charge is 0.126 e. The maximum atomic E-state index is 10.3. The van der Waals surface area contributed by atoms with E-state index in [1.54, 1.807) is 0 Å². The second kappa shape index (κ2) is 25.8. The summed E-state index contributed by atoms with van der Waals surface area (Å²) in [5.74, 6) is 3.34. The molecule has 0 aromatic heterocycles. The van der Waals surface area contributed by atoms with Crippen LogP contribution in [-0.2, 0) is 40.9 Å². The Morgan fingerprint density at radius 3 is 0.986 bits per heavy atom. The first-order chi connectivity index (χ1) is 32.1. The SMILES string of the molecule is C.C.CC(C)(C)c1ccc(OCCO)c(Cc2cc(C(C)(C)C)cc(Cc3cc(C(C)(C)c4ccc(OCCO)cc4)cc(Cc4cc(C(C)(C)C)ccc4OCCO)c3OCCO)c2OCCO)c1. The van der Waals surface area contributed by atoms with Crippen molar-refractivity contribution in [2.24, 2.45) is 0 Å². The number of hydrogen-bond donors (Lipinski definition) is 5. The fourth-order valence-electron chi connectivity index (χ4n) is 8.37. The zero-order valence-corrected chi connectivity index (χ0v) is 42.6. The highest BCUT2D eigenvalue weighted by Crippen LogP contribution is 2.43. The molecule has 0 aliphatic heterocycles. The predicted octanol–water partition coefficient (Wildman–Crippen LogP) is 10.8. The minimum absolute atomic E-state index is 0. The molecule has 0 heterocycles. The van der Waals surface area contributed by atoms with Gasteiger partial charge in [0.1, 0.15) is 61.8 Å². The van der Waals surface area contributed by atoms with E-state index in [2.05, 4.69) is 137 Å². The van der Waals surface area contributed by atoms with Gasteiger partial charge >= 0.3 is 0 Å². The second-order valence-electron chi connectivity index (χ2n) is 21.2. The fraction of sp³-hybridized carbons (Fsp3) is 0.500. The standard InChI is InChI=1S/C58H78O10.2CH4/c1-55(2,3)46-14-18-51(65-26-21-60)39(33-46)30-41-35-48(57(7,8)9)36-43(53(41)67-28-23-62)32-44-38-49(58(10,11)45-12-16-50(17-13-45)64-25-20-59)37-42(54(44)68-29-24-63)31-40-34-47(56(4,5)6)15-19-52(40)66-27-22-61;;/h12-19,33-38,59-63H,20-32H2,1-11H3;2*1H4. The molecule has 0 spiro atoms. The second-order valence-corrected chi connectivity index (χ2v) is 21.2. The molecule has 0 aliphatic carbocycles. The van der Waals surface area contributed by atoms with E-state index in [1.807, 2.05) is 24.3 Å². The number of ether oxygens (including phenoxy) is 5. The van der Waals surface area contributed by atoms with Gasteiger partial charge in [0, 0.05) is 24.7 Å². The average molecular weight is 967 g/mol. The van der Waals surface area contributed by atoms with E-state index < -0.39 is 5.41 Å². The van der Waals surface area contributed by atoms with E-state index in [1.165, 1.54) is 0 Å². The lowest BCUT2D eigenvalue weighted by molar-refractivity contribution is 0.197. The van der Waals surface area contributed by atoms with E-state index in [9.17, 15) is 25.5 Å². The van der Waals surface area contributed by atoms with Gasteiger partial charge in [-0.25, -0.2) is 0 Å². The zero-order valence-electron chi connectivity index (χ0n) is 42.6. The highest BCUT2D eigenvalue weighted by Gasteiger charge is 2.29. The molecule has 0 fully saturated rings. The molecule has 0 unspecified atom stereocenters. The first-order valence-corrected chi connectivity index (χ1v) is 24.0. The van der Waals surface area contributed by atoms with Gasteiger partial charge < -0.3 is 49.2 Å². The van der Waals surface area contributed by atoms with E-state index in [0.29, 0.717) is 48.0 Å². The lowest BCUT2D eigenvalue weighted by atomic mass is 9.76. The number of rotatable bonds is 23. The Morgan fingerprint density at radius 1 is 0.329 bits per heavy atom. The Hall–Kier alpha value is -5.10.